The zero-order valence-electron chi connectivity index (χ0n) is 9.96. The molecule has 3 nitrogen and oxygen atoms in total. The Hall–Kier alpha value is -1.04. The minimum absolute atomic E-state index is 0.0194. The number of nitrogens with zero attached hydrogens (tertiary/aromatic N) is 1. The molecule has 0 aromatic carbocycles. The Morgan fingerprint density at radius 2 is 2.00 bits per heavy atom. The van der Waals surface area contributed by atoms with Gasteiger partial charge in [-0.2, -0.15) is 5.26 Å². The van der Waals surface area contributed by atoms with Crippen LogP contribution in [0.25, 0.3) is 0 Å². The molecule has 2 fully saturated rings. The Kier molecular flexibility index (Phi) is 3.18. The Labute approximate surface area is 97.2 Å². The van der Waals surface area contributed by atoms with Crippen LogP contribution in [-0.2, 0) is 4.79 Å². The molecular weight excluding hydrogens is 200 g/mol. The Balaban J connectivity index is 1.97. The second-order valence-electron chi connectivity index (χ2n) is 5.35. The van der Waals surface area contributed by atoms with Crippen molar-refractivity contribution >= 4 is 5.91 Å². The normalized spacial score (nSPS) is 25.5. The predicted molar refractivity (Wildman–Crippen MR) is 61.5 cm³/mol. The van der Waals surface area contributed by atoms with E-state index in [0.29, 0.717) is 5.92 Å². The van der Waals surface area contributed by atoms with Crippen molar-refractivity contribution in [3.05, 3.63) is 0 Å². The minimum atomic E-state index is -0.721. The molecule has 88 valence electrons. The van der Waals surface area contributed by atoms with Gasteiger partial charge in [0.2, 0.25) is 5.91 Å². The van der Waals surface area contributed by atoms with Crippen molar-refractivity contribution in [2.75, 3.05) is 0 Å². The smallest absolute Gasteiger partial charge is 0.240 e. The standard InChI is InChI=1S/C13H20N2O/c1-10(11-5-6-11)15-12(16)13(9-14)7-3-2-4-8-13/h10-11H,2-8H2,1H3,(H,15,16). The van der Waals surface area contributed by atoms with Crippen LogP contribution in [0.15, 0.2) is 0 Å². The predicted octanol–water partition coefficient (Wildman–Crippen LogP) is 2.38. The van der Waals surface area contributed by atoms with Crippen molar-refractivity contribution in [2.45, 2.75) is 57.9 Å². The second kappa shape index (κ2) is 4.45. The average molecular weight is 220 g/mol. The molecule has 2 saturated carbocycles. The molecule has 2 aliphatic carbocycles. The maximum atomic E-state index is 12.2. The highest BCUT2D eigenvalue weighted by molar-refractivity contribution is 5.85. The van der Waals surface area contributed by atoms with Gasteiger partial charge in [0.05, 0.1) is 6.07 Å². The second-order valence-corrected chi connectivity index (χ2v) is 5.35. The summed E-state index contributed by atoms with van der Waals surface area (Å²) in [5, 5.41) is 12.3. The van der Waals surface area contributed by atoms with Crippen LogP contribution in [0.1, 0.15) is 51.9 Å². The van der Waals surface area contributed by atoms with E-state index >= 15 is 0 Å². The van der Waals surface area contributed by atoms with Crippen molar-refractivity contribution in [1.29, 1.82) is 5.26 Å². The summed E-state index contributed by atoms with van der Waals surface area (Å²) in [7, 11) is 0. The van der Waals surface area contributed by atoms with Gasteiger partial charge in [-0.1, -0.05) is 19.3 Å². The summed E-state index contributed by atoms with van der Waals surface area (Å²) in [5.74, 6) is 0.636. The summed E-state index contributed by atoms with van der Waals surface area (Å²) in [6.07, 6.45) is 7.12. The zero-order valence-corrected chi connectivity index (χ0v) is 9.96. The van der Waals surface area contributed by atoms with Gasteiger partial charge in [-0.25, -0.2) is 0 Å². The summed E-state index contributed by atoms with van der Waals surface area (Å²) in [4.78, 5) is 12.2. The fourth-order valence-electron chi connectivity index (χ4n) is 2.60. The molecule has 3 heteroatoms. The number of carbonyl (C=O) groups excluding carboxylic acids is 1. The third-order valence-corrected chi connectivity index (χ3v) is 4.04. The number of nitrogens with one attached hydrogen (secondary N) is 1. The molecule has 0 saturated heterocycles. The number of nitriles is 1. The number of amides is 1. The molecule has 0 aliphatic heterocycles. The lowest BCUT2D eigenvalue weighted by atomic mass is 9.74. The molecule has 0 heterocycles. The highest BCUT2D eigenvalue weighted by atomic mass is 16.2. The van der Waals surface area contributed by atoms with Crippen molar-refractivity contribution < 1.29 is 4.79 Å². The van der Waals surface area contributed by atoms with Gasteiger partial charge in [0.1, 0.15) is 5.41 Å². The van der Waals surface area contributed by atoms with Gasteiger partial charge in [0, 0.05) is 6.04 Å². The first-order chi connectivity index (χ1) is 7.68. The van der Waals surface area contributed by atoms with E-state index in [-0.39, 0.29) is 11.9 Å². The summed E-state index contributed by atoms with van der Waals surface area (Å²) in [6.45, 7) is 2.06. The molecule has 16 heavy (non-hydrogen) atoms. The molecule has 1 N–H and O–H groups in total. The maximum absolute atomic E-state index is 12.2. The van der Waals surface area contributed by atoms with E-state index in [2.05, 4.69) is 18.3 Å². The Morgan fingerprint density at radius 1 is 1.38 bits per heavy atom. The van der Waals surface area contributed by atoms with Crippen LogP contribution in [0.2, 0.25) is 0 Å². The van der Waals surface area contributed by atoms with Crippen LogP contribution >= 0.6 is 0 Å². The molecule has 1 unspecified atom stereocenters. The maximum Gasteiger partial charge on any atom is 0.240 e. The van der Waals surface area contributed by atoms with Gasteiger partial charge >= 0.3 is 0 Å². The fraction of sp³-hybridized carbons (Fsp3) is 0.846. The first-order valence-corrected chi connectivity index (χ1v) is 6.40. The summed E-state index contributed by atoms with van der Waals surface area (Å²) < 4.78 is 0. The van der Waals surface area contributed by atoms with E-state index < -0.39 is 5.41 Å². The first-order valence-electron chi connectivity index (χ1n) is 6.40. The number of rotatable bonds is 3. The molecule has 2 aliphatic rings. The van der Waals surface area contributed by atoms with Gasteiger partial charge in [-0.05, 0) is 38.5 Å². The molecule has 1 atom stereocenters. The molecule has 1 amide bonds. The van der Waals surface area contributed by atoms with Crippen LogP contribution in [-0.4, -0.2) is 11.9 Å². The number of hydrogen-bond acceptors (Lipinski definition) is 2. The van der Waals surface area contributed by atoms with Crippen LogP contribution in [0.5, 0.6) is 0 Å². The quantitative estimate of drug-likeness (QED) is 0.794. The molecule has 2 rings (SSSR count). The lowest BCUT2D eigenvalue weighted by Gasteiger charge is -2.30. The van der Waals surface area contributed by atoms with Crippen molar-refractivity contribution in [3.63, 3.8) is 0 Å². The highest BCUT2D eigenvalue weighted by Crippen LogP contribution is 2.37. The SMILES string of the molecule is CC(NC(=O)C1(C#N)CCCCC1)C1CC1. The zero-order chi connectivity index (χ0) is 11.6. The molecule has 0 bridgehead atoms. The topological polar surface area (TPSA) is 52.9 Å². The molecule has 0 spiro atoms. The Morgan fingerprint density at radius 3 is 2.50 bits per heavy atom. The summed E-state index contributed by atoms with van der Waals surface area (Å²) in [5.41, 5.74) is -0.721. The largest absolute Gasteiger partial charge is 0.352 e. The van der Waals surface area contributed by atoms with Crippen molar-refractivity contribution in [2.24, 2.45) is 11.3 Å². The van der Waals surface area contributed by atoms with Crippen LogP contribution in [0, 0.1) is 22.7 Å². The van der Waals surface area contributed by atoms with Gasteiger partial charge in [-0.3, -0.25) is 4.79 Å². The fourth-order valence-corrected chi connectivity index (χ4v) is 2.60. The van der Waals surface area contributed by atoms with Gasteiger partial charge in [-0.15, -0.1) is 0 Å². The molecule has 0 radical (unpaired) electrons. The molecular formula is C13H20N2O. The third kappa shape index (κ3) is 2.21. The monoisotopic (exact) mass is 220 g/mol. The summed E-state index contributed by atoms with van der Waals surface area (Å²) >= 11 is 0. The van der Waals surface area contributed by atoms with Gasteiger partial charge < -0.3 is 5.32 Å². The first kappa shape index (κ1) is 11.4. The average Bonchev–Trinajstić information content (AvgIpc) is 3.13. The van der Waals surface area contributed by atoms with E-state index in [9.17, 15) is 10.1 Å². The lowest BCUT2D eigenvalue weighted by molar-refractivity contribution is -0.130. The van der Waals surface area contributed by atoms with E-state index in [4.69, 9.17) is 0 Å². The van der Waals surface area contributed by atoms with Crippen LogP contribution in [0.4, 0.5) is 0 Å². The van der Waals surface area contributed by atoms with Gasteiger partial charge in [0.15, 0.2) is 0 Å². The van der Waals surface area contributed by atoms with E-state index in [0.717, 1.165) is 32.1 Å². The van der Waals surface area contributed by atoms with E-state index in [1.165, 1.54) is 12.8 Å². The highest BCUT2D eigenvalue weighted by Gasteiger charge is 2.41. The number of hydrogen-bond donors (Lipinski definition) is 1. The van der Waals surface area contributed by atoms with E-state index in [1.54, 1.807) is 0 Å². The molecule has 0 aromatic rings. The number of carbonyl (C=O) groups is 1. The van der Waals surface area contributed by atoms with E-state index in [1.807, 2.05) is 0 Å². The third-order valence-electron chi connectivity index (χ3n) is 4.04. The van der Waals surface area contributed by atoms with Crippen molar-refractivity contribution in [1.82, 2.24) is 5.32 Å². The minimum Gasteiger partial charge on any atom is -0.352 e. The summed E-state index contributed by atoms with van der Waals surface area (Å²) in [6, 6.07) is 2.52. The molecule has 0 aromatic heterocycles. The van der Waals surface area contributed by atoms with Gasteiger partial charge in [0.25, 0.3) is 0 Å². The van der Waals surface area contributed by atoms with Crippen LogP contribution < -0.4 is 5.32 Å². The van der Waals surface area contributed by atoms with Crippen molar-refractivity contribution in [3.8, 4) is 6.07 Å². The Bertz CT molecular complexity index is 308. The van der Waals surface area contributed by atoms with Crippen LogP contribution in [0.3, 0.4) is 0 Å². The lowest BCUT2D eigenvalue weighted by Crippen LogP contribution is -2.45.